The Kier molecular flexibility index (Phi) is 5.88. The molecule has 0 aliphatic carbocycles. The molecular formula is C22H22N2O6S. The number of imide groups is 1. The van der Waals surface area contributed by atoms with E-state index in [0.29, 0.717) is 24.2 Å². The fourth-order valence-corrected chi connectivity index (χ4v) is 5.29. The number of carbonyl (C=O) groups is 3. The van der Waals surface area contributed by atoms with Crippen LogP contribution in [0.2, 0.25) is 0 Å². The molecule has 2 amide bonds. The Balaban J connectivity index is 1.34. The van der Waals surface area contributed by atoms with Crippen LogP contribution in [-0.4, -0.2) is 61.6 Å². The molecule has 2 aromatic rings. The van der Waals surface area contributed by atoms with Crippen molar-refractivity contribution in [2.75, 3.05) is 26.2 Å². The third kappa shape index (κ3) is 4.11. The Morgan fingerprint density at radius 3 is 2.03 bits per heavy atom. The van der Waals surface area contributed by atoms with E-state index in [4.69, 9.17) is 4.74 Å². The van der Waals surface area contributed by atoms with Gasteiger partial charge in [0.15, 0.2) is 0 Å². The molecule has 4 rings (SSSR count). The van der Waals surface area contributed by atoms with Crippen LogP contribution in [-0.2, 0) is 14.8 Å². The first kappa shape index (κ1) is 21.2. The van der Waals surface area contributed by atoms with E-state index >= 15 is 0 Å². The number of piperidine rings is 1. The number of carbonyl (C=O) groups excluding carboxylic acids is 3. The molecule has 0 aromatic heterocycles. The second-order valence-corrected chi connectivity index (χ2v) is 9.37. The first-order valence-electron chi connectivity index (χ1n) is 10.1. The average molecular weight is 442 g/mol. The Hall–Kier alpha value is -3.04. The van der Waals surface area contributed by atoms with Crippen molar-refractivity contribution in [3.63, 3.8) is 0 Å². The normalized spacial score (nSPS) is 17.0. The second-order valence-electron chi connectivity index (χ2n) is 7.43. The van der Waals surface area contributed by atoms with Crippen LogP contribution in [0.1, 0.15) is 50.3 Å². The zero-order valence-corrected chi connectivity index (χ0v) is 17.6. The number of fused-ring (bicyclic) bond motifs is 1. The molecule has 1 fully saturated rings. The molecule has 0 spiro atoms. The van der Waals surface area contributed by atoms with E-state index in [1.165, 1.54) is 28.6 Å². The van der Waals surface area contributed by atoms with Crippen molar-refractivity contribution in [3.05, 3.63) is 65.2 Å². The maximum absolute atomic E-state index is 12.7. The predicted octanol–water partition coefficient (Wildman–Crippen LogP) is 2.31. The largest absolute Gasteiger partial charge is 0.460 e. The highest BCUT2D eigenvalue weighted by atomic mass is 32.2. The lowest BCUT2D eigenvalue weighted by molar-refractivity contribution is 0.0420. The van der Waals surface area contributed by atoms with Crippen LogP contribution in [0.5, 0.6) is 0 Å². The van der Waals surface area contributed by atoms with Crippen LogP contribution in [0.25, 0.3) is 0 Å². The number of rotatable bonds is 6. The number of ether oxygens (including phenoxy) is 1. The first-order chi connectivity index (χ1) is 14.9. The fraction of sp³-hybridized carbons (Fsp3) is 0.318. The third-order valence-corrected chi connectivity index (χ3v) is 7.38. The van der Waals surface area contributed by atoms with Crippen LogP contribution in [0.15, 0.2) is 53.4 Å². The third-order valence-electron chi connectivity index (χ3n) is 5.47. The van der Waals surface area contributed by atoms with Crippen LogP contribution in [0, 0.1) is 0 Å². The number of benzene rings is 2. The van der Waals surface area contributed by atoms with Gasteiger partial charge in [0.1, 0.15) is 6.61 Å². The van der Waals surface area contributed by atoms with E-state index in [0.717, 1.165) is 24.2 Å². The van der Waals surface area contributed by atoms with Gasteiger partial charge in [-0.3, -0.25) is 14.5 Å². The lowest BCUT2D eigenvalue weighted by atomic mass is 10.1. The molecule has 162 valence electrons. The van der Waals surface area contributed by atoms with Gasteiger partial charge in [-0.15, -0.1) is 0 Å². The van der Waals surface area contributed by atoms with E-state index in [9.17, 15) is 22.8 Å². The molecule has 2 heterocycles. The van der Waals surface area contributed by atoms with Crippen molar-refractivity contribution in [2.24, 2.45) is 0 Å². The van der Waals surface area contributed by atoms with Crippen LogP contribution >= 0.6 is 0 Å². The number of hydrogen-bond donors (Lipinski definition) is 0. The van der Waals surface area contributed by atoms with Gasteiger partial charge in [0.05, 0.1) is 28.1 Å². The number of amides is 2. The molecule has 31 heavy (non-hydrogen) atoms. The smallest absolute Gasteiger partial charge is 0.338 e. The number of nitrogens with zero attached hydrogens (tertiary/aromatic N) is 2. The summed E-state index contributed by atoms with van der Waals surface area (Å²) in [5.74, 6) is -1.48. The maximum Gasteiger partial charge on any atom is 0.338 e. The predicted molar refractivity (Wildman–Crippen MR) is 111 cm³/mol. The van der Waals surface area contributed by atoms with E-state index in [1.807, 2.05) is 0 Å². The van der Waals surface area contributed by atoms with Crippen molar-refractivity contribution in [3.8, 4) is 0 Å². The van der Waals surface area contributed by atoms with E-state index in [-0.39, 0.29) is 23.6 Å². The van der Waals surface area contributed by atoms with E-state index in [1.54, 1.807) is 24.3 Å². The number of esters is 1. The van der Waals surface area contributed by atoms with Gasteiger partial charge in [-0.1, -0.05) is 18.6 Å². The summed E-state index contributed by atoms with van der Waals surface area (Å²) in [6, 6.07) is 12.1. The van der Waals surface area contributed by atoms with Gasteiger partial charge in [0, 0.05) is 13.1 Å². The Bertz CT molecular complexity index is 1090. The summed E-state index contributed by atoms with van der Waals surface area (Å²) < 4.78 is 32.0. The average Bonchev–Trinajstić information content (AvgIpc) is 3.04. The Morgan fingerprint density at radius 1 is 0.871 bits per heavy atom. The topological polar surface area (TPSA) is 101 Å². The minimum absolute atomic E-state index is 0.0560. The zero-order chi connectivity index (χ0) is 22.0. The van der Waals surface area contributed by atoms with Gasteiger partial charge >= 0.3 is 5.97 Å². The highest BCUT2D eigenvalue weighted by Gasteiger charge is 2.35. The fourth-order valence-electron chi connectivity index (χ4n) is 3.77. The monoisotopic (exact) mass is 442 g/mol. The van der Waals surface area contributed by atoms with Gasteiger partial charge in [-0.25, -0.2) is 13.2 Å². The summed E-state index contributed by atoms with van der Waals surface area (Å²) in [5, 5.41) is 0. The SMILES string of the molecule is O=C(OCCN1C(=O)c2ccccc2C1=O)c1ccc(S(=O)(=O)N2CCCCC2)cc1. The highest BCUT2D eigenvalue weighted by molar-refractivity contribution is 7.89. The molecule has 1 saturated heterocycles. The van der Waals surface area contributed by atoms with Crippen LogP contribution in [0.4, 0.5) is 0 Å². The molecule has 0 radical (unpaired) electrons. The first-order valence-corrected chi connectivity index (χ1v) is 11.6. The summed E-state index contributed by atoms with van der Waals surface area (Å²) in [6.07, 6.45) is 2.71. The highest BCUT2D eigenvalue weighted by Crippen LogP contribution is 2.23. The summed E-state index contributed by atoms with van der Waals surface area (Å²) in [4.78, 5) is 38.1. The molecule has 2 aromatic carbocycles. The zero-order valence-electron chi connectivity index (χ0n) is 16.8. The van der Waals surface area contributed by atoms with Crippen molar-refractivity contribution in [1.82, 2.24) is 9.21 Å². The van der Waals surface area contributed by atoms with E-state index < -0.39 is 27.8 Å². The van der Waals surface area contributed by atoms with Crippen molar-refractivity contribution in [1.29, 1.82) is 0 Å². The van der Waals surface area contributed by atoms with Crippen LogP contribution in [0.3, 0.4) is 0 Å². The molecular weight excluding hydrogens is 420 g/mol. The Labute approximate surface area is 180 Å². The molecule has 0 N–H and O–H groups in total. The number of hydrogen-bond acceptors (Lipinski definition) is 6. The van der Waals surface area contributed by atoms with Gasteiger partial charge in [0.2, 0.25) is 10.0 Å². The lowest BCUT2D eigenvalue weighted by Crippen LogP contribution is -2.35. The lowest BCUT2D eigenvalue weighted by Gasteiger charge is -2.25. The van der Waals surface area contributed by atoms with Crippen molar-refractivity contribution >= 4 is 27.8 Å². The quantitative estimate of drug-likeness (QED) is 0.503. The molecule has 0 atom stereocenters. The number of sulfonamides is 1. The molecule has 2 aliphatic rings. The minimum Gasteiger partial charge on any atom is -0.460 e. The summed E-state index contributed by atoms with van der Waals surface area (Å²) in [5.41, 5.74) is 0.869. The van der Waals surface area contributed by atoms with Crippen molar-refractivity contribution < 1.29 is 27.5 Å². The maximum atomic E-state index is 12.7. The van der Waals surface area contributed by atoms with Crippen molar-refractivity contribution in [2.45, 2.75) is 24.2 Å². The summed E-state index contributed by atoms with van der Waals surface area (Å²) >= 11 is 0. The molecule has 0 saturated carbocycles. The second kappa shape index (κ2) is 8.60. The van der Waals surface area contributed by atoms with E-state index in [2.05, 4.69) is 0 Å². The minimum atomic E-state index is -3.57. The van der Waals surface area contributed by atoms with Gasteiger partial charge < -0.3 is 4.74 Å². The summed E-state index contributed by atoms with van der Waals surface area (Å²) in [6.45, 7) is 0.797. The molecule has 8 nitrogen and oxygen atoms in total. The van der Waals surface area contributed by atoms with Gasteiger partial charge in [0.25, 0.3) is 11.8 Å². The molecule has 2 aliphatic heterocycles. The molecule has 9 heteroatoms. The van der Waals surface area contributed by atoms with Gasteiger partial charge in [-0.2, -0.15) is 4.31 Å². The summed E-state index contributed by atoms with van der Waals surface area (Å²) in [7, 11) is -3.57. The molecule has 0 bridgehead atoms. The Morgan fingerprint density at radius 2 is 1.45 bits per heavy atom. The molecule has 0 unspecified atom stereocenters. The van der Waals surface area contributed by atoms with Crippen LogP contribution < -0.4 is 0 Å². The standard InChI is InChI=1S/C22H22N2O6S/c25-20-18-6-2-3-7-19(18)21(26)24(20)14-15-30-22(27)16-8-10-17(11-9-16)31(28,29)23-12-4-1-5-13-23/h2-3,6-11H,1,4-5,12-15H2. The van der Waals surface area contributed by atoms with Gasteiger partial charge in [-0.05, 0) is 49.2 Å².